The monoisotopic (exact) mass is 327 g/mol. The van der Waals surface area contributed by atoms with Crippen LogP contribution in [0.25, 0.3) is 11.3 Å². The molecule has 7 heteroatoms. The molecule has 0 atom stereocenters. The van der Waals surface area contributed by atoms with Crippen LogP contribution in [0.4, 0.5) is 5.13 Å². The van der Waals surface area contributed by atoms with Crippen LogP contribution in [0.5, 0.6) is 0 Å². The summed E-state index contributed by atoms with van der Waals surface area (Å²) in [5, 5.41) is 20.6. The highest BCUT2D eigenvalue weighted by Crippen LogP contribution is 2.31. The first-order valence-electron chi connectivity index (χ1n) is 7.15. The minimum absolute atomic E-state index is 0.537. The van der Waals surface area contributed by atoms with Crippen molar-refractivity contribution in [1.29, 1.82) is 0 Å². The van der Waals surface area contributed by atoms with E-state index in [1.165, 1.54) is 16.9 Å². The topological polar surface area (TPSA) is 75.3 Å². The van der Waals surface area contributed by atoms with Gasteiger partial charge in [0.25, 0.3) is 0 Å². The summed E-state index contributed by atoms with van der Waals surface area (Å²) in [5.41, 5.74) is 3.39. The van der Waals surface area contributed by atoms with Crippen LogP contribution in [0.15, 0.2) is 47.9 Å². The molecule has 0 aliphatic rings. The third-order valence-electron chi connectivity index (χ3n) is 3.41. The fraction of sp³-hybridized carbons (Fsp3) is 0.188. The second-order valence-electron chi connectivity index (χ2n) is 5.04. The van der Waals surface area contributed by atoms with Crippen LogP contribution >= 0.6 is 11.3 Å². The predicted molar refractivity (Wildman–Crippen MR) is 92.4 cm³/mol. The molecule has 2 heterocycles. The van der Waals surface area contributed by atoms with Gasteiger partial charge in [-0.25, -0.2) is 4.98 Å². The summed E-state index contributed by atoms with van der Waals surface area (Å²) in [7, 11) is 1.82. The highest BCUT2D eigenvalue weighted by molar-refractivity contribution is 7.18. The van der Waals surface area contributed by atoms with Crippen molar-refractivity contribution in [1.82, 2.24) is 14.8 Å². The molecule has 2 aromatic heterocycles. The molecule has 6 nitrogen and oxygen atoms in total. The van der Waals surface area contributed by atoms with Crippen LogP contribution in [0.1, 0.15) is 17.4 Å². The van der Waals surface area contributed by atoms with E-state index in [1.54, 1.807) is 13.1 Å². The number of nitrogens with zero attached hydrogens (tertiary/aromatic N) is 4. The Bertz CT molecular complexity index is 822. The second-order valence-corrected chi connectivity index (χ2v) is 6.04. The van der Waals surface area contributed by atoms with Crippen molar-refractivity contribution in [3.63, 3.8) is 0 Å². The maximum atomic E-state index is 9.07. The number of aromatic nitrogens is 3. The van der Waals surface area contributed by atoms with Crippen molar-refractivity contribution in [2.45, 2.75) is 13.5 Å². The quantitative estimate of drug-likeness (QED) is 0.428. The fourth-order valence-electron chi connectivity index (χ4n) is 2.26. The summed E-state index contributed by atoms with van der Waals surface area (Å²) >= 11 is 1.45. The van der Waals surface area contributed by atoms with Gasteiger partial charge in [-0.05, 0) is 12.5 Å². The highest BCUT2D eigenvalue weighted by Gasteiger charge is 2.17. The molecule has 0 bridgehead atoms. The van der Waals surface area contributed by atoms with Gasteiger partial charge in [0.15, 0.2) is 5.13 Å². The molecule has 23 heavy (non-hydrogen) atoms. The molecule has 1 aromatic carbocycles. The highest BCUT2D eigenvalue weighted by atomic mass is 32.1. The molecule has 3 rings (SSSR count). The standard InChI is InChI=1S/C16H17N5OS/c1-11(20-22)15-14(19-16(17-2)23-15)13-8-18-21(10-13)9-12-6-4-3-5-7-12/h3-8,10,22H,9H2,1-2H3,(H,17,19)/b20-11+. The first-order chi connectivity index (χ1) is 11.2. The van der Waals surface area contributed by atoms with Gasteiger partial charge >= 0.3 is 0 Å². The SMILES string of the molecule is CNc1nc(-c2cnn(Cc3ccccc3)c2)c(/C(C)=N/O)s1. The third kappa shape index (κ3) is 3.24. The van der Waals surface area contributed by atoms with E-state index >= 15 is 0 Å². The van der Waals surface area contributed by atoms with E-state index in [1.807, 2.05) is 36.1 Å². The summed E-state index contributed by atoms with van der Waals surface area (Å²) in [6.07, 6.45) is 3.74. The molecule has 0 amide bonds. The van der Waals surface area contributed by atoms with E-state index in [0.717, 1.165) is 21.3 Å². The Labute approximate surface area is 138 Å². The smallest absolute Gasteiger partial charge is 0.183 e. The normalized spacial score (nSPS) is 11.7. The van der Waals surface area contributed by atoms with Crippen LogP contribution in [0.3, 0.4) is 0 Å². The Kier molecular flexibility index (Phi) is 4.38. The maximum absolute atomic E-state index is 9.07. The van der Waals surface area contributed by atoms with E-state index in [2.05, 4.69) is 32.7 Å². The largest absolute Gasteiger partial charge is 0.411 e. The number of hydrogen-bond donors (Lipinski definition) is 2. The van der Waals surface area contributed by atoms with Gasteiger partial charge < -0.3 is 10.5 Å². The number of thiazole rings is 1. The van der Waals surface area contributed by atoms with Gasteiger partial charge in [0.1, 0.15) is 0 Å². The van der Waals surface area contributed by atoms with Gasteiger partial charge in [0.05, 0.1) is 29.0 Å². The molecule has 0 saturated carbocycles. The van der Waals surface area contributed by atoms with Crippen LogP contribution in [-0.4, -0.2) is 32.7 Å². The number of hydrogen-bond acceptors (Lipinski definition) is 6. The number of benzene rings is 1. The summed E-state index contributed by atoms with van der Waals surface area (Å²) < 4.78 is 1.87. The Morgan fingerprint density at radius 2 is 2.13 bits per heavy atom. The molecule has 0 fully saturated rings. The zero-order valence-corrected chi connectivity index (χ0v) is 13.7. The Hall–Kier alpha value is -2.67. The van der Waals surface area contributed by atoms with Crippen LogP contribution < -0.4 is 5.32 Å². The Morgan fingerprint density at radius 3 is 2.83 bits per heavy atom. The number of oxime groups is 1. The summed E-state index contributed by atoms with van der Waals surface area (Å²) in [5.74, 6) is 0. The van der Waals surface area contributed by atoms with Gasteiger partial charge in [0.2, 0.25) is 0 Å². The van der Waals surface area contributed by atoms with E-state index in [4.69, 9.17) is 5.21 Å². The lowest BCUT2D eigenvalue weighted by Gasteiger charge is -2.01. The molecule has 2 N–H and O–H groups in total. The molecule has 0 spiro atoms. The Balaban J connectivity index is 1.92. The zero-order valence-electron chi connectivity index (χ0n) is 12.9. The van der Waals surface area contributed by atoms with Crippen LogP contribution in [0, 0.1) is 0 Å². The molecule has 0 aliphatic heterocycles. The maximum Gasteiger partial charge on any atom is 0.183 e. The Morgan fingerprint density at radius 1 is 1.35 bits per heavy atom. The molecule has 0 radical (unpaired) electrons. The minimum atomic E-state index is 0.537. The average Bonchev–Trinajstić information content (AvgIpc) is 3.21. The van der Waals surface area contributed by atoms with Gasteiger partial charge in [-0.15, -0.1) is 0 Å². The van der Waals surface area contributed by atoms with Gasteiger partial charge in [0, 0.05) is 18.8 Å². The summed E-state index contributed by atoms with van der Waals surface area (Å²) in [6.45, 7) is 2.46. The van der Waals surface area contributed by atoms with Crippen molar-refractivity contribution in [3.05, 3.63) is 53.2 Å². The van der Waals surface area contributed by atoms with Crippen molar-refractivity contribution >= 4 is 22.2 Å². The fourth-order valence-corrected chi connectivity index (χ4v) is 3.14. The molecule has 0 unspecified atom stereocenters. The predicted octanol–water partition coefficient (Wildman–Crippen LogP) is 3.29. The van der Waals surface area contributed by atoms with Crippen LogP contribution in [0.2, 0.25) is 0 Å². The second kappa shape index (κ2) is 6.62. The summed E-state index contributed by atoms with van der Waals surface area (Å²) in [6, 6.07) is 10.2. The number of nitrogens with one attached hydrogen (secondary N) is 1. The zero-order chi connectivity index (χ0) is 16.2. The van der Waals surface area contributed by atoms with Crippen molar-refractivity contribution < 1.29 is 5.21 Å². The average molecular weight is 327 g/mol. The van der Waals surface area contributed by atoms with Crippen molar-refractivity contribution in [3.8, 4) is 11.3 Å². The third-order valence-corrected chi connectivity index (χ3v) is 4.60. The molecule has 0 aliphatic carbocycles. The molecule has 0 saturated heterocycles. The van der Waals surface area contributed by atoms with Gasteiger partial charge in [-0.3, -0.25) is 4.68 Å². The molecular weight excluding hydrogens is 310 g/mol. The van der Waals surface area contributed by atoms with Crippen LogP contribution in [-0.2, 0) is 6.54 Å². The lowest BCUT2D eigenvalue weighted by atomic mass is 10.2. The lowest BCUT2D eigenvalue weighted by Crippen LogP contribution is -1.99. The first kappa shape index (κ1) is 15.2. The van der Waals surface area contributed by atoms with E-state index in [-0.39, 0.29) is 0 Å². The number of rotatable bonds is 5. The van der Waals surface area contributed by atoms with Crippen molar-refractivity contribution in [2.75, 3.05) is 12.4 Å². The minimum Gasteiger partial charge on any atom is -0.411 e. The summed E-state index contributed by atoms with van der Waals surface area (Å²) in [4.78, 5) is 5.38. The first-order valence-corrected chi connectivity index (χ1v) is 7.97. The van der Waals surface area contributed by atoms with E-state index < -0.39 is 0 Å². The lowest BCUT2D eigenvalue weighted by molar-refractivity contribution is 0.319. The molecule has 118 valence electrons. The van der Waals surface area contributed by atoms with E-state index in [9.17, 15) is 0 Å². The van der Waals surface area contributed by atoms with Crippen molar-refractivity contribution in [2.24, 2.45) is 5.16 Å². The van der Waals surface area contributed by atoms with Gasteiger partial charge in [-0.1, -0.05) is 46.8 Å². The number of anilines is 1. The molecular formula is C16H17N5OS. The molecule has 3 aromatic rings. The van der Waals surface area contributed by atoms with Gasteiger partial charge in [-0.2, -0.15) is 5.10 Å². The van der Waals surface area contributed by atoms with E-state index in [0.29, 0.717) is 12.3 Å².